The van der Waals surface area contributed by atoms with E-state index in [4.69, 9.17) is 0 Å². The number of amides is 1. The minimum atomic E-state index is -2.42. The first kappa shape index (κ1) is 16.4. The number of carbonyl (C=O) groups is 1. The molecule has 4 saturated carbocycles. The van der Waals surface area contributed by atoms with Crippen molar-refractivity contribution in [1.82, 2.24) is 0 Å². The zero-order valence-electron chi connectivity index (χ0n) is 13.6. The maximum atomic E-state index is 12.5. The Morgan fingerprint density at radius 2 is 1.62 bits per heavy atom. The van der Waals surface area contributed by atoms with E-state index in [0.29, 0.717) is 28.8 Å². The van der Waals surface area contributed by atoms with E-state index >= 15 is 0 Å². The molecule has 1 aromatic carbocycles. The molecule has 0 aliphatic heterocycles. The van der Waals surface area contributed by atoms with Gasteiger partial charge in [0.1, 0.15) is 0 Å². The van der Waals surface area contributed by atoms with Gasteiger partial charge >= 0.3 is 0 Å². The van der Waals surface area contributed by atoms with Gasteiger partial charge < -0.3 is 5.32 Å². The van der Waals surface area contributed by atoms with Crippen molar-refractivity contribution in [2.75, 3.05) is 5.32 Å². The maximum absolute atomic E-state index is 12.5. The molecule has 5 rings (SSSR count). The average molecular weight is 351 g/mol. The topological polar surface area (TPSA) is 29.1 Å². The molecular formula is C19H23F2NOS. The average Bonchev–Trinajstić information content (AvgIpc) is 2.46. The SMILES string of the molecule is O=C(CC12CC3CC(CC(C3)C1)C2)Nc1ccc(SC(F)F)cc1. The summed E-state index contributed by atoms with van der Waals surface area (Å²) in [6.45, 7) is 0. The fourth-order valence-corrected chi connectivity index (χ4v) is 6.27. The number of alkyl halides is 2. The molecule has 0 heterocycles. The van der Waals surface area contributed by atoms with E-state index in [9.17, 15) is 13.6 Å². The quantitative estimate of drug-likeness (QED) is 0.705. The molecule has 4 aliphatic rings. The van der Waals surface area contributed by atoms with Crippen LogP contribution in [0, 0.1) is 23.2 Å². The Balaban J connectivity index is 1.37. The monoisotopic (exact) mass is 351 g/mol. The number of thioether (sulfide) groups is 1. The van der Waals surface area contributed by atoms with Gasteiger partial charge in [-0.2, -0.15) is 8.78 Å². The van der Waals surface area contributed by atoms with Crippen LogP contribution >= 0.6 is 11.8 Å². The lowest BCUT2D eigenvalue weighted by atomic mass is 9.49. The minimum absolute atomic E-state index is 0.0752. The van der Waals surface area contributed by atoms with E-state index in [0.717, 1.165) is 17.8 Å². The molecule has 24 heavy (non-hydrogen) atoms. The summed E-state index contributed by atoms with van der Waals surface area (Å²) in [6, 6.07) is 6.69. The highest BCUT2D eigenvalue weighted by atomic mass is 32.2. The fraction of sp³-hybridized carbons (Fsp3) is 0.632. The Morgan fingerprint density at radius 3 is 2.12 bits per heavy atom. The Kier molecular flexibility index (Phi) is 4.31. The number of halogens is 2. The second kappa shape index (κ2) is 6.32. The lowest BCUT2D eigenvalue weighted by Gasteiger charge is -2.56. The first-order chi connectivity index (χ1) is 11.5. The summed E-state index contributed by atoms with van der Waals surface area (Å²) in [4.78, 5) is 13.0. The molecule has 1 aromatic rings. The third-order valence-electron chi connectivity index (χ3n) is 6.06. The van der Waals surface area contributed by atoms with Crippen LogP contribution in [0.15, 0.2) is 29.2 Å². The van der Waals surface area contributed by atoms with E-state index in [1.807, 2.05) is 0 Å². The van der Waals surface area contributed by atoms with Gasteiger partial charge in [-0.15, -0.1) is 0 Å². The van der Waals surface area contributed by atoms with Gasteiger partial charge in [0, 0.05) is 17.0 Å². The summed E-state index contributed by atoms with van der Waals surface area (Å²) in [7, 11) is 0. The fourth-order valence-electron chi connectivity index (χ4n) is 5.77. The van der Waals surface area contributed by atoms with Crippen molar-refractivity contribution >= 4 is 23.4 Å². The van der Waals surface area contributed by atoms with E-state index in [1.54, 1.807) is 24.3 Å². The van der Waals surface area contributed by atoms with Gasteiger partial charge in [-0.05, 0) is 86.0 Å². The molecule has 1 N–H and O–H groups in total. The summed E-state index contributed by atoms with van der Waals surface area (Å²) in [5.41, 5.74) is 0.924. The number of carbonyl (C=O) groups excluding carboxylic acids is 1. The van der Waals surface area contributed by atoms with Crippen LogP contribution in [0.4, 0.5) is 14.5 Å². The Labute approximate surface area is 145 Å². The van der Waals surface area contributed by atoms with Gasteiger partial charge in [-0.25, -0.2) is 0 Å². The van der Waals surface area contributed by atoms with Crippen LogP contribution in [-0.2, 0) is 4.79 Å². The maximum Gasteiger partial charge on any atom is 0.288 e. The number of rotatable bonds is 5. The van der Waals surface area contributed by atoms with Gasteiger partial charge in [-0.3, -0.25) is 4.79 Å². The molecule has 1 amide bonds. The third kappa shape index (κ3) is 3.46. The van der Waals surface area contributed by atoms with Crippen molar-refractivity contribution in [1.29, 1.82) is 0 Å². The van der Waals surface area contributed by atoms with Crippen molar-refractivity contribution in [3.8, 4) is 0 Å². The van der Waals surface area contributed by atoms with E-state index in [-0.39, 0.29) is 11.3 Å². The molecule has 0 aromatic heterocycles. The number of hydrogen-bond donors (Lipinski definition) is 1. The molecular weight excluding hydrogens is 328 g/mol. The largest absolute Gasteiger partial charge is 0.326 e. The Bertz CT molecular complexity index is 581. The summed E-state index contributed by atoms with van der Waals surface area (Å²) in [6.07, 6.45) is 8.41. The van der Waals surface area contributed by atoms with Crippen LogP contribution in [0.2, 0.25) is 0 Å². The molecule has 4 fully saturated rings. The predicted molar refractivity (Wildman–Crippen MR) is 92.2 cm³/mol. The molecule has 0 spiro atoms. The molecule has 130 valence electrons. The van der Waals surface area contributed by atoms with E-state index < -0.39 is 5.76 Å². The van der Waals surface area contributed by atoms with Crippen LogP contribution < -0.4 is 5.32 Å². The highest BCUT2D eigenvalue weighted by Crippen LogP contribution is 2.61. The number of benzene rings is 1. The lowest BCUT2D eigenvalue weighted by molar-refractivity contribution is -0.124. The third-order valence-corrected chi connectivity index (χ3v) is 6.79. The first-order valence-electron chi connectivity index (χ1n) is 8.84. The van der Waals surface area contributed by atoms with Crippen LogP contribution in [0.1, 0.15) is 44.9 Å². The van der Waals surface area contributed by atoms with Crippen molar-refractivity contribution in [2.45, 2.75) is 55.6 Å². The highest BCUT2D eigenvalue weighted by molar-refractivity contribution is 7.99. The standard InChI is InChI=1S/C19H23F2NOS/c20-18(21)24-16-3-1-15(2-4-16)22-17(23)11-19-8-12-5-13(9-19)7-14(6-12)10-19/h1-4,12-14,18H,5-11H2,(H,22,23). The molecule has 2 nitrogen and oxygen atoms in total. The normalized spacial score (nSPS) is 33.9. The zero-order chi connectivity index (χ0) is 16.7. The lowest BCUT2D eigenvalue weighted by Crippen LogP contribution is -2.47. The number of hydrogen-bond acceptors (Lipinski definition) is 2. The molecule has 0 unspecified atom stereocenters. The van der Waals surface area contributed by atoms with E-state index in [1.165, 1.54) is 38.5 Å². The Morgan fingerprint density at radius 1 is 1.08 bits per heavy atom. The van der Waals surface area contributed by atoms with Gasteiger partial charge in [0.05, 0.1) is 0 Å². The van der Waals surface area contributed by atoms with Crippen LogP contribution in [0.5, 0.6) is 0 Å². The van der Waals surface area contributed by atoms with Gasteiger partial charge in [0.2, 0.25) is 5.91 Å². The molecule has 4 bridgehead atoms. The van der Waals surface area contributed by atoms with Gasteiger partial charge in [0.15, 0.2) is 0 Å². The van der Waals surface area contributed by atoms with Crippen LogP contribution in [0.3, 0.4) is 0 Å². The zero-order valence-corrected chi connectivity index (χ0v) is 14.5. The minimum Gasteiger partial charge on any atom is -0.326 e. The summed E-state index contributed by atoms with van der Waals surface area (Å²) < 4.78 is 24.7. The predicted octanol–water partition coefficient (Wildman–Crippen LogP) is 5.55. The second-order valence-electron chi connectivity index (χ2n) is 8.05. The number of anilines is 1. The highest BCUT2D eigenvalue weighted by Gasteiger charge is 2.51. The van der Waals surface area contributed by atoms with Crippen LogP contribution in [-0.4, -0.2) is 11.7 Å². The first-order valence-corrected chi connectivity index (χ1v) is 9.72. The molecule has 4 aliphatic carbocycles. The molecule has 0 atom stereocenters. The van der Waals surface area contributed by atoms with Gasteiger partial charge in [-0.1, -0.05) is 11.8 Å². The molecule has 5 heteroatoms. The van der Waals surface area contributed by atoms with Crippen molar-refractivity contribution in [3.63, 3.8) is 0 Å². The summed E-state index contributed by atoms with van der Waals surface area (Å²) >= 11 is 0.524. The van der Waals surface area contributed by atoms with Crippen LogP contribution in [0.25, 0.3) is 0 Å². The number of nitrogens with one attached hydrogen (secondary N) is 1. The molecule has 0 radical (unpaired) electrons. The van der Waals surface area contributed by atoms with Crippen molar-refractivity contribution in [3.05, 3.63) is 24.3 Å². The summed E-state index contributed by atoms with van der Waals surface area (Å²) in [5, 5.41) is 2.96. The van der Waals surface area contributed by atoms with Crippen molar-refractivity contribution < 1.29 is 13.6 Å². The molecule has 0 saturated heterocycles. The van der Waals surface area contributed by atoms with E-state index in [2.05, 4.69) is 5.32 Å². The summed E-state index contributed by atoms with van der Waals surface area (Å²) in [5.74, 6) is 0.187. The van der Waals surface area contributed by atoms with Gasteiger partial charge in [0.25, 0.3) is 5.76 Å². The second-order valence-corrected chi connectivity index (χ2v) is 9.11. The Hall–Kier alpha value is -1.10. The van der Waals surface area contributed by atoms with Crippen molar-refractivity contribution in [2.24, 2.45) is 23.2 Å². The smallest absolute Gasteiger partial charge is 0.288 e.